The van der Waals surface area contributed by atoms with Crippen molar-refractivity contribution in [1.82, 2.24) is 10.3 Å². The van der Waals surface area contributed by atoms with Gasteiger partial charge in [0.25, 0.3) is 5.91 Å². The lowest BCUT2D eigenvalue weighted by Crippen LogP contribution is -2.26. The van der Waals surface area contributed by atoms with E-state index in [-0.39, 0.29) is 5.91 Å². The number of carbonyl (C=O) groups is 1. The van der Waals surface area contributed by atoms with Gasteiger partial charge in [0, 0.05) is 12.7 Å². The largest absolute Gasteiger partial charge is 0.480 e. The van der Waals surface area contributed by atoms with Gasteiger partial charge in [-0.2, -0.15) is 0 Å². The summed E-state index contributed by atoms with van der Waals surface area (Å²) in [5.41, 5.74) is 1.58. The molecule has 1 heterocycles. The Morgan fingerprint density at radius 1 is 1.56 bits per heavy atom. The molecule has 0 atom stereocenters. The standard InChI is InChI=1S/C14H20N2O2/c1-9(2)11-6-12(14(18-3)16-8-11)13(17)15-7-10-4-5-10/h6,8-10H,4-5,7H2,1-3H3,(H,15,17). The fourth-order valence-electron chi connectivity index (χ4n) is 1.76. The minimum absolute atomic E-state index is 0.0891. The van der Waals surface area contributed by atoms with Gasteiger partial charge in [0.15, 0.2) is 0 Å². The summed E-state index contributed by atoms with van der Waals surface area (Å²) >= 11 is 0. The van der Waals surface area contributed by atoms with Crippen molar-refractivity contribution < 1.29 is 9.53 Å². The smallest absolute Gasteiger partial charge is 0.256 e. The molecule has 1 saturated carbocycles. The molecule has 1 fully saturated rings. The maximum absolute atomic E-state index is 12.1. The van der Waals surface area contributed by atoms with Crippen LogP contribution in [0.2, 0.25) is 0 Å². The van der Waals surface area contributed by atoms with Gasteiger partial charge in [-0.15, -0.1) is 0 Å². The third-order valence-corrected chi connectivity index (χ3v) is 3.23. The second kappa shape index (κ2) is 5.38. The van der Waals surface area contributed by atoms with Crippen LogP contribution >= 0.6 is 0 Å². The van der Waals surface area contributed by atoms with Crippen LogP contribution in [0.4, 0.5) is 0 Å². The van der Waals surface area contributed by atoms with Crippen molar-refractivity contribution in [2.24, 2.45) is 5.92 Å². The highest BCUT2D eigenvalue weighted by Crippen LogP contribution is 2.28. The average molecular weight is 248 g/mol. The molecule has 1 aliphatic carbocycles. The van der Waals surface area contributed by atoms with E-state index < -0.39 is 0 Å². The first-order valence-electron chi connectivity index (χ1n) is 6.44. The number of hydrogen-bond acceptors (Lipinski definition) is 3. The van der Waals surface area contributed by atoms with E-state index in [4.69, 9.17) is 4.74 Å². The number of pyridine rings is 1. The molecule has 0 aliphatic heterocycles. The van der Waals surface area contributed by atoms with Crippen molar-refractivity contribution in [3.05, 3.63) is 23.4 Å². The topological polar surface area (TPSA) is 51.2 Å². The van der Waals surface area contributed by atoms with Gasteiger partial charge < -0.3 is 10.1 Å². The summed E-state index contributed by atoms with van der Waals surface area (Å²) in [6.07, 6.45) is 4.21. The van der Waals surface area contributed by atoms with Crippen LogP contribution in [0, 0.1) is 5.92 Å². The van der Waals surface area contributed by atoms with Gasteiger partial charge >= 0.3 is 0 Å². The van der Waals surface area contributed by atoms with Gasteiger partial charge in [0.1, 0.15) is 5.56 Å². The second-order valence-electron chi connectivity index (χ2n) is 5.13. The Morgan fingerprint density at radius 2 is 2.28 bits per heavy atom. The Hall–Kier alpha value is -1.58. The van der Waals surface area contributed by atoms with Gasteiger partial charge in [0.05, 0.1) is 7.11 Å². The predicted molar refractivity (Wildman–Crippen MR) is 69.9 cm³/mol. The third kappa shape index (κ3) is 3.00. The predicted octanol–water partition coefficient (Wildman–Crippen LogP) is 2.35. The Bertz CT molecular complexity index is 439. The first kappa shape index (κ1) is 12.9. The number of amides is 1. The highest BCUT2D eigenvalue weighted by molar-refractivity contribution is 5.96. The molecule has 1 aromatic rings. The molecule has 98 valence electrons. The molecule has 1 aromatic heterocycles. The first-order chi connectivity index (χ1) is 8.61. The summed E-state index contributed by atoms with van der Waals surface area (Å²) in [5, 5.41) is 2.94. The van der Waals surface area contributed by atoms with Gasteiger partial charge in [-0.25, -0.2) is 4.98 Å². The van der Waals surface area contributed by atoms with Crippen LogP contribution in [0.3, 0.4) is 0 Å². The summed E-state index contributed by atoms with van der Waals surface area (Å²) in [5.74, 6) is 1.32. The van der Waals surface area contributed by atoms with Gasteiger partial charge in [-0.3, -0.25) is 4.79 Å². The number of hydrogen-bond donors (Lipinski definition) is 1. The van der Waals surface area contributed by atoms with Gasteiger partial charge in [-0.1, -0.05) is 13.8 Å². The van der Waals surface area contributed by atoms with Crippen molar-refractivity contribution in [1.29, 1.82) is 0 Å². The van der Waals surface area contributed by atoms with Crippen molar-refractivity contribution in [2.75, 3.05) is 13.7 Å². The Morgan fingerprint density at radius 3 is 2.83 bits per heavy atom. The number of methoxy groups -OCH3 is 1. The van der Waals surface area contributed by atoms with Gasteiger partial charge in [-0.05, 0) is 36.3 Å². The summed E-state index contributed by atoms with van der Waals surface area (Å²) in [6.45, 7) is 4.92. The van der Waals surface area contributed by atoms with E-state index in [0.29, 0.717) is 23.3 Å². The molecular weight excluding hydrogens is 228 g/mol. The zero-order valence-electron chi connectivity index (χ0n) is 11.2. The van der Waals surface area contributed by atoms with Crippen LogP contribution in [0.5, 0.6) is 5.88 Å². The first-order valence-corrected chi connectivity index (χ1v) is 6.44. The maximum Gasteiger partial charge on any atom is 0.256 e. The molecule has 0 spiro atoms. The number of aromatic nitrogens is 1. The molecule has 2 rings (SSSR count). The van der Waals surface area contributed by atoms with Crippen LogP contribution in [0.15, 0.2) is 12.3 Å². The highest BCUT2D eigenvalue weighted by Gasteiger charge is 2.23. The van der Waals surface area contributed by atoms with Crippen LogP contribution in [0.1, 0.15) is 48.5 Å². The van der Waals surface area contributed by atoms with E-state index in [0.717, 1.165) is 12.1 Å². The Balaban J connectivity index is 2.16. The van der Waals surface area contributed by atoms with E-state index in [1.54, 1.807) is 6.20 Å². The summed E-state index contributed by atoms with van der Waals surface area (Å²) in [7, 11) is 1.54. The van der Waals surface area contributed by atoms with Crippen molar-refractivity contribution in [3.63, 3.8) is 0 Å². The normalized spacial score (nSPS) is 14.7. The van der Waals surface area contributed by atoms with Crippen LogP contribution in [-0.2, 0) is 0 Å². The molecule has 1 aliphatic rings. The number of ether oxygens (including phenoxy) is 1. The molecule has 0 radical (unpaired) electrons. The zero-order valence-corrected chi connectivity index (χ0v) is 11.2. The summed E-state index contributed by atoms with van der Waals surface area (Å²) in [6, 6.07) is 1.87. The molecule has 1 amide bonds. The van der Waals surface area contributed by atoms with Crippen molar-refractivity contribution in [3.8, 4) is 5.88 Å². The third-order valence-electron chi connectivity index (χ3n) is 3.23. The fourth-order valence-corrected chi connectivity index (χ4v) is 1.76. The molecule has 4 nitrogen and oxygen atoms in total. The minimum atomic E-state index is -0.0891. The number of carbonyl (C=O) groups excluding carboxylic acids is 1. The molecule has 1 N–H and O–H groups in total. The minimum Gasteiger partial charge on any atom is -0.480 e. The van der Waals surface area contributed by atoms with E-state index in [1.165, 1.54) is 20.0 Å². The fraction of sp³-hybridized carbons (Fsp3) is 0.571. The van der Waals surface area contributed by atoms with Crippen LogP contribution in [-0.4, -0.2) is 24.5 Å². The van der Waals surface area contributed by atoms with Crippen molar-refractivity contribution in [2.45, 2.75) is 32.6 Å². The molecule has 4 heteroatoms. The Kier molecular flexibility index (Phi) is 3.84. The zero-order chi connectivity index (χ0) is 13.1. The van der Waals surface area contributed by atoms with Gasteiger partial charge in [0.2, 0.25) is 5.88 Å². The van der Waals surface area contributed by atoms with E-state index in [1.807, 2.05) is 6.07 Å². The van der Waals surface area contributed by atoms with Crippen LogP contribution in [0.25, 0.3) is 0 Å². The van der Waals surface area contributed by atoms with Crippen LogP contribution < -0.4 is 10.1 Å². The highest BCUT2D eigenvalue weighted by atomic mass is 16.5. The molecular formula is C14H20N2O2. The average Bonchev–Trinajstić information content (AvgIpc) is 3.19. The van der Waals surface area contributed by atoms with E-state index in [2.05, 4.69) is 24.1 Å². The lowest BCUT2D eigenvalue weighted by molar-refractivity contribution is 0.0948. The lowest BCUT2D eigenvalue weighted by Gasteiger charge is -2.11. The Labute approximate surface area is 108 Å². The number of rotatable bonds is 5. The van der Waals surface area contributed by atoms with E-state index >= 15 is 0 Å². The molecule has 0 unspecified atom stereocenters. The quantitative estimate of drug-likeness (QED) is 0.870. The van der Waals surface area contributed by atoms with Crippen molar-refractivity contribution >= 4 is 5.91 Å². The maximum atomic E-state index is 12.1. The summed E-state index contributed by atoms with van der Waals surface area (Å²) < 4.78 is 5.15. The molecule has 0 bridgehead atoms. The second-order valence-corrected chi connectivity index (χ2v) is 5.13. The monoisotopic (exact) mass is 248 g/mol. The number of nitrogens with one attached hydrogen (secondary N) is 1. The molecule has 0 saturated heterocycles. The van der Waals surface area contributed by atoms with E-state index in [9.17, 15) is 4.79 Å². The summed E-state index contributed by atoms with van der Waals surface area (Å²) in [4.78, 5) is 16.3. The molecule has 18 heavy (non-hydrogen) atoms. The lowest BCUT2D eigenvalue weighted by atomic mass is 10.0. The SMILES string of the molecule is COc1ncc(C(C)C)cc1C(=O)NCC1CC1. The molecule has 0 aromatic carbocycles. The number of nitrogens with zero attached hydrogens (tertiary/aromatic N) is 1.